The predicted molar refractivity (Wildman–Crippen MR) is 104 cm³/mol. The predicted octanol–water partition coefficient (Wildman–Crippen LogP) is 3.40. The zero-order valence-corrected chi connectivity index (χ0v) is 15.1. The summed E-state index contributed by atoms with van der Waals surface area (Å²) in [6, 6.07) is 17.2. The van der Waals surface area contributed by atoms with Crippen molar-refractivity contribution in [1.29, 1.82) is 0 Å². The van der Waals surface area contributed by atoms with Crippen molar-refractivity contribution in [3.8, 4) is 0 Å². The molecular weight excluding hydrogens is 350 g/mol. The Morgan fingerprint density at radius 2 is 1.96 bits per heavy atom. The molecular formula is C20H20ClN3O2. The van der Waals surface area contributed by atoms with E-state index < -0.39 is 6.10 Å². The van der Waals surface area contributed by atoms with Crippen LogP contribution in [0.15, 0.2) is 65.6 Å². The standard InChI is InChI=1S/C20H20ClN3O2/c1-14-6-5-9-16(10-14)18(25)12-22-17-11-23-24(20(26)19(17)21)13-15-7-3-2-4-8-15/h2-11,18,22,25H,12-13H2,1H3. The Morgan fingerprint density at radius 3 is 2.69 bits per heavy atom. The molecule has 26 heavy (non-hydrogen) atoms. The summed E-state index contributed by atoms with van der Waals surface area (Å²) in [5, 5.41) is 17.5. The SMILES string of the molecule is Cc1cccc(C(O)CNc2cnn(Cc3ccccc3)c(=O)c2Cl)c1. The van der Waals surface area contributed by atoms with Crippen molar-refractivity contribution in [3.05, 3.63) is 92.9 Å². The van der Waals surface area contributed by atoms with Crippen molar-refractivity contribution in [3.63, 3.8) is 0 Å². The summed E-state index contributed by atoms with van der Waals surface area (Å²) in [7, 11) is 0. The molecule has 1 aromatic heterocycles. The third kappa shape index (κ3) is 4.31. The van der Waals surface area contributed by atoms with Crippen molar-refractivity contribution < 1.29 is 5.11 Å². The molecule has 0 bridgehead atoms. The van der Waals surface area contributed by atoms with Crippen LogP contribution in [0.25, 0.3) is 0 Å². The van der Waals surface area contributed by atoms with E-state index in [1.54, 1.807) is 0 Å². The molecule has 1 heterocycles. The van der Waals surface area contributed by atoms with E-state index in [0.717, 1.165) is 16.7 Å². The number of aliphatic hydroxyl groups is 1. The van der Waals surface area contributed by atoms with Crippen LogP contribution in [0.1, 0.15) is 22.8 Å². The third-order valence-electron chi connectivity index (χ3n) is 4.07. The highest BCUT2D eigenvalue weighted by atomic mass is 35.5. The van der Waals surface area contributed by atoms with Crippen LogP contribution < -0.4 is 10.9 Å². The minimum Gasteiger partial charge on any atom is -0.387 e. The lowest BCUT2D eigenvalue weighted by atomic mass is 10.1. The fraction of sp³-hybridized carbons (Fsp3) is 0.200. The Labute approximate surface area is 156 Å². The Morgan fingerprint density at radius 1 is 1.19 bits per heavy atom. The van der Waals surface area contributed by atoms with E-state index in [4.69, 9.17) is 11.6 Å². The van der Waals surface area contributed by atoms with Gasteiger partial charge in [-0.3, -0.25) is 4.79 Å². The zero-order valence-electron chi connectivity index (χ0n) is 14.4. The molecule has 0 saturated heterocycles. The number of nitrogens with zero attached hydrogens (tertiary/aromatic N) is 2. The fourth-order valence-corrected chi connectivity index (χ4v) is 2.87. The highest BCUT2D eigenvalue weighted by Crippen LogP contribution is 2.19. The number of aryl methyl sites for hydroxylation is 1. The number of nitrogens with one attached hydrogen (secondary N) is 1. The maximum atomic E-state index is 12.4. The molecule has 0 aliphatic heterocycles. The Hall–Kier alpha value is -2.63. The van der Waals surface area contributed by atoms with E-state index in [1.165, 1.54) is 10.9 Å². The maximum Gasteiger partial charge on any atom is 0.287 e. The minimum absolute atomic E-state index is 0.0624. The second kappa shape index (κ2) is 8.17. The van der Waals surface area contributed by atoms with Gasteiger partial charge < -0.3 is 10.4 Å². The molecule has 0 spiro atoms. The van der Waals surface area contributed by atoms with Crippen LogP contribution in [-0.4, -0.2) is 21.4 Å². The Kier molecular flexibility index (Phi) is 5.71. The van der Waals surface area contributed by atoms with Crippen LogP contribution in [0.4, 0.5) is 5.69 Å². The molecule has 0 radical (unpaired) electrons. The first-order chi connectivity index (χ1) is 12.5. The van der Waals surface area contributed by atoms with E-state index in [0.29, 0.717) is 12.2 Å². The average Bonchev–Trinajstić information content (AvgIpc) is 2.65. The molecule has 1 unspecified atom stereocenters. The fourth-order valence-electron chi connectivity index (χ4n) is 2.66. The van der Waals surface area contributed by atoms with Gasteiger partial charge in [-0.25, -0.2) is 4.68 Å². The average molecular weight is 370 g/mol. The number of rotatable bonds is 6. The van der Waals surface area contributed by atoms with Crippen molar-refractivity contribution in [2.75, 3.05) is 11.9 Å². The van der Waals surface area contributed by atoms with Gasteiger partial charge >= 0.3 is 0 Å². The van der Waals surface area contributed by atoms with Crippen LogP contribution in [-0.2, 0) is 6.54 Å². The van der Waals surface area contributed by atoms with E-state index >= 15 is 0 Å². The number of hydrogen-bond donors (Lipinski definition) is 2. The third-order valence-corrected chi connectivity index (χ3v) is 4.44. The number of benzene rings is 2. The van der Waals surface area contributed by atoms with Gasteiger partial charge in [0.25, 0.3) is 5.56 Å². The van der Waals surface area contributed by atoms with Gasteiger partial charge in [0.15, 0.2) is 0 Å². The maximum absolute atomic E-state index is 12.4. The van der Waals surface area contributed by atoms with Gasteiger partial charge in [-0.1, -0.05) is 71.8 Å². The lowest BCUT2D eigenvalue weighted by molar-refractivity contribution is 0.191. The van der Waals surface area contributed by atoms with Crippen LogP contribution in [0.2, 0.25) is 5.02 Å². The molecule has 1 atom stereocenters. The molecule has 6 heteroatoms. The number of aliphatic hydroxyl groups excluding tert-OH is 1. The molecule has 5 nitrogen and oxygen atoms in total. The quantitative estimate of drug-likeness (QED) is 0.698. The zero-order chi connectivity index (χ0) is 18.5. The first-order valence-electron chi connectivity index (χ1n) is 8.32. The van der Waals surface area contributed by atoms with Crippen LogP contribution >= 0.6 is 11.6 Å². The summed E-state index contributed by atoms with van der Waals surface area (Å²) in [6.45, 7) is 2.55. The number of anilines is 1. The van der Waals surface area contributed by atoms with E-state index in [-0.39, 0.29) is 17.1 Å². The first-order valence-corrected chi connectivity index (χ1v) is 8.70. The molecule has 3 rings (SSSR count). The van der Waals surface area contributed by atoms with E-state index in [2.05, 4.69) is 10.4 Å². The molecule has 134 valence electrons. The molecule has 3 aromatic rings. The molecule has 2 N–H and O–H groups in total. The van der Waals surface area contributed by atoms with Gasteiger partial charge in [-0.05, 0) is 18.1 Å². The first kappa shape index (κ1) is 18.2. The summed E-state index contributed by atoms with van der Waals surface area (Å²) in [6.07, 6.45) is 0.799. The van der Waals surface area contributed by atoms with Crippen molar-refractivity contribution in [2.45, 2.75) is 19.6 Å². The Balaban J connectivity index is 1.71. The highest BCUT2D eigenvalue weighted by Gasteiger charge is 2.12. The van der Waals surface area contributed by atoms with Crippen molar-refractivity contribution in [2.24, 2.45) is 0 Å². The second-order valence-corrected chi connectivity index (χ2v) is 6.51. The summed E-state index contributed by atoms with van der Waals surface area (Å²) >= 11 is 6.20. The number of hydrogen-bond acceptors (Lipinski definition) is 4. The van der Waals surface area contributed by atoms with Crippen LogP contribution in [0.5, 0.6) is 0 Å². The molecule has 2 aromatic carbocycles. The minimum atomic E-state index is -0.710. The van der Waals surface area contributed by atoms with Crippen LogP contribution in [0.3, 0.4) is 0 Å². The van der Waals surface area contributed by atoms with Gasteiger partial charge in [-0.2, -0.15) is 5.10 Å². The van der Waals surface area contributed by atoms with Gasteiger partial charge in [0.1, 0.15) is 5.02 Å². The normalized spacial score (nSPS) is 12.0. The van der Waals surface area contributed by atoms with Gasteiger partial charge in [0, 0.05) is 6.54 Å². The summed E-state index contributed by atoms with van der Waals surface area (Å²) in [4.78, 5) is 12.4. The molecule has 0 fully saturated rings. The molecule has 0 saturated carbocycles. The number of aromatic nitrogens is 2. The van der Waals surface area contributed by atoms with Gasteiger partial charge in [0.2, 0.25) is 0 Å². The molecule has 0 aliphatic rings. The van der Waals surface area contributed by atoms with E-state index in [9.17, 15) is 9.90 Å². The summed E-state index contributed by atoms with van der Waals surface area (Å²) in [5.41, 5.74) is 2.88. The van der Waals surface area contributed by atoms with Gasteiger partial charge in [0.05, 0.1) is 24.5 Å². The van der Waals surface area contributed by atoms with E-state index in [1.807, 2.05) is 61.5 Å². The largest absolute Gasteiger partial charge is 0.387 e. The summed E-state index contributed by atoms with van der Waals surface area (Å²) < 4.78 is 1.32. The van der Waals surface area contributed by atoms with Crippen molar-refractivity contribution >= 4 is 17.3 Å². The second-order valence-electron chi connectivity index (χ2n) is 6.13. The smallest absolute Gasteiger partial charge is 0.287 e. The van der Waals surface area contributed by atoms with Gasteiger partial charge in [-0.15, -0.1) is 0 Å². The van der Waals surface area contributed by atoms with Crippen molar-refractivity contribution in [1.82, 2.24) is 9.78 Å². The highest BCUT2D eigenvalue weighted by molar-refractivity contribution is 6.32. The lowest BCUT2D eigenvalue weighted by Gasteiger charge is -2.15. The lowest BCUT2D eigenvalue weighted by Crippen LogP contribution is -2.25. The van der Waals surface area contributed by atoms with Crippen LogP contribution in [0, 0.1) is 6.92 Å². The topological polar surface area (TPSA) is 67.2 Å². The molecule has 0 aliphatic carbocycles. The summed E-state index contributed by atoms with van der Waals surface area (Å²) in [5.74, 6) is 0. The Bertz CT molecular complexity index is 941. The molecule has 0 amide bonds. The monoisotopic (exact) mass is 369 g/mol. The number of halogens is 1.